The maximum atomic E-state index is 5.67. The van der Waals surface area contributed by atoms with E-state index in [-0.39, 0.29) is 0 Å². The van der Waals surface area contributed by atoms with Gasteiger partial charge in [0, 0.05) is 19.6 Å². The molecule has 3 saturated heterocycles. The Morgan fingerprint density at radius 3 is 2.59 bits per heavy atom. The summed E-state index contributed by atoms with van der Waals surface area (Å²) < 4.78 is 5.67. The molecule has 4 heteroatoms. The van der Waals surface area contributed by atoms with Gasteiger partial charge < -0.3 is 14.5 Å². The molecule has 0 aromatic heterocycles. The van der Waals surface area contributed by atoms with Crippen molar-refractivity contribution in [1.29, 1.82) is 0 Å². The average molecular weight is 299 g/mol. The summed E-state index contributed by atoms with van der Waals surface area (Å²) in [5, 5.41) is 0. The van der Waals surface area contributed by atoms with Gasteiger partial charge in [0.1, 0.15) is 0 Å². The van der Waals surface area contributed by atoms with Gasteiger partial charge in [0.15, 0.2) is 0 Å². The summed E-state index contributed by atoms with van der Waals surface area (Å²) >= 11 is 0. The van der Waals surface area contributed by atoms with Gasteiger partial charge in [-0.25, -0.2) is 4.99 Å². The van der Waals surface area contributed by atoms with Crippen molar-refractivity contribution in [2.45, 2.75) is 31.8 Å². The first kappa shape index (κ1) is 14.1. The van der Waals surface area contributed by atoms with Crippen LogP contribution in [0.4, 0.5) is 0 Å². The SMILES string of the molecule is COC(=NC1CN2CCC1CC2)N1CCc2ccccc2C1. The molecule has 4 aliphatic rings. The Labute approximate surface area is 132 Å². The molecule has 5 rings (SSSR count). The van der Waals surface area contributed by atoms with Gasteiger partial charge in [-0.1, -0.05) is 24.3 Å². The van der Waals surface area contributed by atoms with E-state index in [0.717, 1.165) is 38.0 Å². The number of amidine groups is 1. The zero-order valence-corrected chi connectivity index (χ0v) is 13.4. The number of nitrogens with zero attached hydrogens (tertiary/aromatic N) is 3. The lowest BCUT2D eigenvalue weighted by Crippen LogP contribution is -2.50. The number of methoxy groups -OCH3 is 1. The summed E-state index contributed by atoms with van der Waals surface area (Å²) in [6.45, 7) is 5.56. The largest absolute Gasteiger partial charge is 0.468 e. The zero-order chi connectivity index (χ0) is 14.9. The highest BCUT2D eigenvalue weighted by atomic mass is 16.5. The van der Waals surface area contributed by atoms with Crippen molar-refractivity contribution in [2.75, 3.05) is 33.3 Å². The molecule has 1 aromatic rings. The molecule has 1 unspecified atom stereocenters. The molecule has 3 fully saturated rings. The Kier molecular flexibility index (Phi) is 3.78. The second-order valence-corrected chi connectivity index (χ2v) is 6.76. The minimum atomic E-state index is 0.426. The predicted molar refractivity (Wildman–Crippen MR) is 88.0 cm³/mol. The van der Waals surface area contributed by atoms with E-state index < -0.39 is 0 Å². The van der Waals surface area contributed by atoms with E-state index in [4.69, 9.17) is 9.73 Å². The average Bonchev–Trinajstić information content (AvgIpc) is 2.60. The molecule has 4 heterocycles. The summed E-state index contributed by atoms with van der Waals surface area (Å²) in [5.41, 5.74) is 2.88. The van der Waals surface area contributed by atoms with Crippen LogP contribution in [0, 0.1) is 5.92 Å². The first-order valence-electron chi connectivity index (χ1n) is 8.49. The molecule has 0 aliphatic carbocycles. The molecule has 1 atom stereocenters. The number of aliphatic imine (C=N–C) groups is 1. The number of hydrogen-bond acceptors (Lipinski definition) is 3. The van der Waals surface area contributed by atoms with E-state index in [2.05, 4.69) is 34.1 Å². The molecule has 2 bridgehead atoms. The van der Waals surface area contributed by atoms with Crippen molar-refractivity contribution >= 4 is 6.02 Å². The highest BCUT2D eigenvalue weighted by Gasteiger charge is 2.35. The monoisotopic (exact) mass is 299 g/mol. The van der Waals surface area contributed by atoms with Crippen LogP contribution in [-0.2, 0) is 17.7 Å². The lowest BCUT2D eigenvalue weighted by Gasteiger charge is -2.43. The van der Waals surface area contributed by atoms with Crippen LogP contribution in [0.5, 0.6) is 0 Å². The van der Waals surface area contributed by atoms with Gasteiger partial charge >= 0.3 is 0 Å². The summed E-state index contributed by atoms with van der Waals surface area (Å²) in [6.07, 6.45) is 3.68. The smallest absolute Gasteiger partial charge is 0.287 e. The van der Waals surface area contributed by atoms with Gasteiger partial charge in [-0.2, -0.15) is 0 Å². The molecule has 22 heavy (non-hydrogen) atoms. The van der Waals surface area contributed by atoms with Crippen LogP contribution in [0.1, 0.15) is 24.0 Å². The lowest BCUT2D eigenvalue weighted by atomic mass is 9.84. The van der Waals surface area contributed by atoms with Crippen LogP contribution in [0.25, 0.3) is 0 Å². The number of benzene rings is 1. The van der Waals surface area contributed by atoms with E-state index in [1.54, 1.807) is 7.11 Å². The number of piperidine rings is 3. The van der Waals surface area contributed by atoms with Crippen LogP contribution in [-0.4, -0.2) is 55.2 Å². The summed E-state index contributed by atoms with van der Waals surface area (Å²) in [5.74, 6) is 0.757. The molecule has 0 amide bonds. The first-order valence-corrected chi connectivity index (χ1v) is 8.49. The highest BCUT2D eigenvalue weighted by molar-refractivity contribution is 5.74. The Bertz CT molecular complexity index is 563. The molecule has 0 N–H and O–H groups in total. The second-order valence-electron chi connectivity index (χ2n) is 6.76. The normalized spacial score (nSPS) is 31.0. The lowest BCUT2D eigenvalue weighted by molar-refractivity contribution is 0.0879. The Morgan fingerprint density at radius 1 is 1.14 bits per heavy atom. The van der Waals surface area contributed by atoms with E-state index in [0.29, 0.717) is 6.04 Å². The molecule has 0 saturated carbocycles. The van der Waals surface area contributed by atoms with E-state index in [1.165, 1.54) is 37.1 Å². The van der Waals surface area contributed by atoms with Crippen LogP contribution in [0.2, 0.25) is 0 Å². The third-order valence-electron chi connectivity index (χ3n) is 5.48. The Balaban J connectivity index is 1.52. The quantitative estimate of drug-likeness (QED) is 0.587. The Hall–Kier alpha value is -1.55. The van der Waals surface area contributed by atoms with E-state index in [9.17, 15) is 0 Å². The fourth-order valence-electron chi connectivity index (χ4n) is 4.14. The highest BCUT2D eigenvalue weighted by Crippen LogP contribution is 2.30. The van der Waals surface area contributed by atoms with E-state index in [1.807, 2.05) is 0 Å². The third-order valence-corrected chi connectivity index (χ3v) is 5.48. The van der Waals surface area contributed by atoms with Crippen LogP contribution in [0.15, 0.2) is 29.3 Å². The predicted octanol–water partition coefficient (Wildman–Crippen LogP) is 2.14. The third kappa shape index (κ3) is 2.60. The molecule has 4 nitrogen and oxygen atoms in total. The van der Waals surface area contributed by atoms with Crippen LogP contribution in [0.3, 0.4) is 0 Å². The zero-order valence-electron chi connectivity index (χ0n) is 13.4. The molecule has 118 valence electrons. The molecule has 0 spiro atoms. The number of ether oxygens (including phenoxy) is 1. The van der Waals surface area contributed by atoms with Gasteiger partial charge in [0.25, 0.3) is 6.02 Å². The van der Waals surface area contributed by atoms with Crippen molar-refractivity contribution in [1.82, 2.24) is 9.80 Å². The van der Waals surface area contributed by atoms with Crippen molar-refractivity contribution < 1.29 is 4.74 Å². The van der Waals surface area contributed by atoms with E-state index >= 15 is 0 Å². The topological polar surface area (TPSA) is 28.1 Å². The minimum absolute atomic E-state index is 0.426. The van der Waals surface area contributed by atoms with Crippen molar-refractivity contribution in [3.8, 4) is 0 Å². The van der Waals surface area contributed by atoms with Gasteiger partial charge in [-0.05, 0) is 49.4 Å². The minimum Gasteiger partial charge on any atom is -0.468 e. The fourth-order valence-corrected chi connectivity index (χ4v) is 4.14. The number of fused-ring (bicyclic) bond motifs is 4. The molecule has 1 aromatic carbocycles. The van der Waals surface area contributed by atoms with Gasteiger partial charge in [0.05, 0.1) is 13.2 Å². The standard InChI is InChI=1S/C18H25N3O/c1-22-18(19-17-13-20-9-6-15(17)7-10-20)21-11-8-14-4-2-3-5-16(14)12-21/h2-5,15,17H,6-13H2,1H3. The second kappa shape index (κ2) is 5.92. The Morgan fingerprint density at radius 2 is 1.91 bits per heavy atom. The maximum absolute atomic E-state index is 5.67. The molecular weight excluding hydrogens is 274 g/mol. The molecule has 0 radical (unpaired) electrons. The fraction of sp³-hybridized carbons (Fsp3) is 0.611. The van der Waals surface area contributed by atoms with Crippen molar-refractivity contribution in [3.63, 3.8) is 0 Å². The van der Waals surface area contributed by atoms with Crippen LogP contribution >= 0.6 is 0 Å². The summed E-state index contributed by atoms with van der Waals surface area (Å²) in [7, 11) is 1.76. The van der Waals surface area contributed by atoms with Crippen molar-refractivity contribution in [2.24, 2.45) is 10.9 Å². The molecule has 4 aliphatic heterocycles. The van der Waals surface area contributed by atoms with Crippen molar-refractivity contribution in [3.05, 3.63) is 35.4 Å². The number of rotatable bonds is 1. The first-order chi connectivity index (χ1) is 10.8. The summed E-state index contributed by atoms with van der Waals surface area (Å²) in [4.78, 5) is 9.87. The van der Waals surface area contributed by atoms with Gasteiger partial charge in [0.2, 0.25) is 0 Å². The van der Waals surface area contributed by atoms with Gasteiger partial charge in [-0.15, -0.1) is 0 Å². The van der Waals surface area contributed by atoms with Gasteiger partial charge in [-0.3, -0.25) is 0 Å². The summed E-state index contributed by atoms with van der Waals surface area (Å²) in [6, 6.07) is 9.99. The maximum Gasteiger partial charge on any atom is 0.287 e. The number of hydrogen-bond donors (Lipinski definition) is 0. The van der Waals surface area contributed by atoms with Crippen LogP contribution < -0.4 is 0 Å². The molecular formula is C18H25N3O.